The van der Waals surface area contributed by atoms with Crippen molar-refractivity contribution in [2.75, 3.05) is 6.61 Å². The van der Waals surface area contributed by atoms with Gasteiger partial charge in [0.15, 0.2) is 0 Å². The number of esters is 1. The van der Waals surface area contributed by atoms with Gasteiger partial charge in [0.05, 0.1) is 6.61 Å². The van der Waals surface area contributed by atoms with Gasteiger partial charge in [-0.3, -0.25) is 4.79 Å². The van der Waals surface area contributed by atoms with Crippen LogP contribution in [0.15, 0.2) is 0 Å². The predicted octanol–water partition coefficient (Wildman–Crippen LogP) is -1.65. The molecule has 0 aromatic carbocycles. The first-order valence-electron chi connectivity index (χ1n) is 3.05. The Morgan fingerprint density at radius 3 is 2.27 bits per heavy atom. The third kappa shape index (κ3) is 11.2. The molecule has 11 heavy (non-hydrogen) atoms. The van der Waals surface area contributed by atoms with Gasteiger partial charge >= 0.3 is 119 Å². The monoisotopic (exact) mass is 240 g/mol. The fourth-order valence-electron chi connectivity index (χ4n) is 0.806. The molecule has 1 saturated heterocycles. The average Bonchev–Trinajstić information content (AvgIpc) is 1.94. The van der Waals surface area contributed by atoms with E-state index in [0.717, 1.165) is 19.3 Å². The van der Waals surface area contributed by atoms with E-state index in [1.807, 2.05) is 0 Å². The molecule has 0 aliphatic carbocycles. The molecule has 1 aliphatic rings. The van der Waals surface area contributed by atoms with Gasteiger partial charge in [-0.2, -0.15) is 0 Å². The quantitative estimate of drug-likeness (QED) is 0.375. The van der Waals surface area contributed by atoms with Crippen molar-refractivity contribution in [3.63, 3.8) is 0 Å². The molecule has 2 nitrogen and oxygen atoms in total. The van der Waals surface area contributed by atoms with Crippen LogP contribution in [0.2, 0.25) is 0 Å². The van der Waals surface area contributed by atoms with Gasteiger partial charge in [0.25, 0.3) is 0 Å². The van der Waals surface area contributed by atoms with E-state index in [2.05, 4.69) is 0 Å². The minimum absolute atomic E-state index is 0. The molecule has 5 heteroatoms. The van der Waals surface area contributed by atoms with Crippen molar-refractivity contribution in [3.8, 4) is 0 Å². The maximum atomic E-state index is 10.5. The van der Waals surface area contributed by atoms with Crippen molar-refractivity contribution in [1.29, 1.82) is 0 Å². The summed E-state index contributed by atoms with van der Waals surface area (Å²) in [5.74, 6) is -0.0255. The standard InChI is InChI=1S/C6H10O2.3Ca.6H/c7-6-4-2-1-3-5-8-6;;;;;;;;;/h1-5H2;;;;;;;;;. The molecule has 1 rings (SSSR count). The van der Waals surface area contributed by atoms with E-state index in [-0.39, 0.29) is 119 Å². The van der Waals surface area contributed by atoms with E-state index in [1.165, 1.54) is 0 Å². The second-order valence-electron chi connectivity index (χ2n) is 2.03. The number of carbonyl (C=O) groups is 1. The third-order valence-corrected chi connectivity index (χ3v) is 1.29. The molecule has 0 amide bonds. The Bertz CT molecular complexity index is 87.8. The van der Waals surface area contributed by atoms with Crippen LogP contribution in [-0.2, 0) is 9.53 Å². The minimum atomic E-state index is -0.0255. The van der Waals surface area contributed by atoms with Gasteiger partial charge in [-0.05, 0) is 19.3 Å². The molecule has 0 aromatic rings. The van der Waals surface area contributed by atoms with Gasteiger partial charge in [-0.25, -0.2) is 0 Å². The first-order valence-corrected chi connectivity index (χ1v) is 3.05. The summed E-state index contributed by atoms with van der Waals surface area (Å²) in [4.78, 5) is 10.5. The Kier molecular flexibility index (Phi) is 23.8. The van der Waals surface area contributed by atoms with Gasteiger partial charge in [0, 0.05) is 6.42 Å². The van der Waals surface area contributed by atoms with Crippen LogP contribution >= 0.6 is 0 Å². The molecular weight excluding hydrogens is 224 g/mol. The zero-order valence-electron chi connectivity index (χ0n) is 4.85. The van der Waals surface area contributed by atoms with E-state index in [4.69, 9.17) is 4.74 Å². The number of carbonyl (C=O) groups excluding carboxylic acids is 1. The Balaban J connectivity index is -0.000000213. The summed E-state index contributed by atoms with van der Waals surface area (Å²) in [5, 5.41) is 0. The van der Waals surface area contributed by atoms with Gasteiger partial charge in [0.1, 0.15) is 0 Å². The van der Waals surface area contributed by atoms with Crippen molar-refractivity contribution < 1.29 is 9.53 Å². The Morgan fingerprint density at radius 2 is 1.64 bits per heavy atom. The zero-order valence-corrected chi connectivity index (χ0v) is 4.85. The molecule has 1 fully saturated rings. The summed E-state index contributed by atoms with van der Waals surface area (Å²) in [6.45, 7) is 0.638. The summed E-state index contributed by atoms with van der Waals surface area (Å²) in [7, 11) is 0. The molecule has 0 unspecified atom stereocenters. The molecule has 0 saturated carbocycles. The van der Waals surface area contributed by atoms with Crippen LogP contribution in [0.5, 0.6) is 0 Å². The van der Waals surface area contributed by atoms with Crippen molar-refractivity contribution in [2.45, 2.75) is 25.7 Å². The van der Waals surface area contributed by atoms with Crippen molar-refractivity contribution in [1.82, 2.24) is 0 Å². The van der Waals surface area contributed by atoms with Crippen LogP contribution < -0.4 is 0 Å². The number of hydrogen-bond acceptors (Lipinski definition) is 2. The molecule has 58 valence electrons. The van der Waals surface area contributed by atoms with Gasteiger partial charge in [-0.15, -0.1) is 0 Å². The van der Waals surface area contributed by atoms with Crippen LogP contribution in [0, 0.1) is 0 Å². The Morgan fingerprint density at radius 1 is 1.00 bits per heavy atom. The van der Waals surface area contributed by atoms with Crippen LogP contribution in [0.1, 0.15) is 25.7 Å². The second kappa shape index (κ2) is 13.2. The zero-order chi connectivity index (χ0) is 5.82. The summed E-state index contributed by atoms with van der Waals surface area (Å²) in [6.07, 6.45) is 3.83. The van der Waals surface area contributed by atoms with Crippen LogP contribution in [0.25, 0.3) is 0 Å². The SMILES string of the molecule is O=C1CCCCCO1.[CaH2].[CaH2].[CaH2]. The summed E-state index contributed by atoms with van der Waals surface area (Å²) >= 11 is 0. The molecule has 0 radical (unpaired) electrons. The number of cyclic esters (lactones) is 1. The number of ether oxygens (including phenoxy) is 1. The van der Waals surface area contributed by atoms with Crippen molar-refractivity contribution >= 4 is 119 Å². The number of hydrogen-bond donors (Lipinski definition) is 0. The summed E-state index contributed by atoms with van der Waals surface area (Å²) < 4.78 is 4.76. The summed E-state index contributed by atoms with van der Waals surface area (Å²) in [6, 6.07) is 0. The van der Waals surface area contributed by atoms with Crippen molar-refractivity contribution in [3.05, 3.63) is 0 Å². The first-order chi connectivity index (χ1) is 3.89. The molecular formula is C6H16Ca3O2. The number of rotatable bonds is 0. The molecule has 0 N–H and O–H groups in total. The van der Waals surface area contributed by atoms with E-state index >= 15 is 0 Å². The van der Waals surface area contributed by atoms with Crippen LogP contribution in [0.3, 0.4) is 0 Å². The fourth-order valence-corrected chi connectivity index (χ4v) is 0.806. The van der Waals surface area contributed by atoms with E-state index in [1.54, 1.807) is 0 Å². The Hall–Kier alpha value is 3.25. The van der Waals surface area contributed by atoms with E-state index in [0.29, 0.717) is 13.0 Å². The second-order valence-corrected chi connectivity index (χ2v) is 2.03. The van der Waals surface area contributed by atoms with E-state index in [9.17, 15) is 4.79 Å². The van der Waals surface area contributed by atoms with Crippen molar-refractivity contribution in [2.24, 2.45) is 0 Å². The van der Waals surface area contributed by atoms with Gasteiger partial charge < -0.3 is 4.74 Å². The average molecular weight is 240 g/mol. The Labute approximate surface area is 157 Å². The van der Waals surface area contributed by atoms with Crippen LogP contribution in [0.4, 0.5) is 0 Å². The molecule has 1 heterocycles. The maximum absolute atomic E-state index is 10.5. The molecule has 1 aliphatic heterocycles. The predicted molar refractivity (Wildman–Crippen MR) is 55.1 cm³/mol. The summed E-state index contributed by atoms with van der Waals surface area (Å²) in [5.41, 5.74) is 0. The molecule has 0 atom stereocenters. The first kappa shape index (κ1) is 19.8. The van der Waals surface area contributed by atoms with Crippen LogP contribution in [-0.4, -0.2) is 126 Å². The molecule has 0 aromatic heterocycles. The van der Waals surface area contributed by atoms with E-state index < -0.39 is 0 Å². The van der Waals surface area contributed by atoms with Gasteiger partial charge in [-0.1, -0.05) is 0 Å². The van der Waals surface area contributed by atoms with Gasteiger partial charge in [0.2, 0.25) is 0 Å². The molecule has 0 bridgehead atoms. The normalized spacial score (nSPS) is 15.8. The molecule has 0 spiro atoms. The fraction of sp³-hybridized carbons (Fsp3) is 0.833. The third-order valence-electron chi connectivity index (χ3n) is 1.29. The topological polar surface area (TPSA) is 26.3 Å².